The maximum absolute atomic E-state index is 14.4. The van der Waals surface area contributed by atoms with Crippen molar-refractivity contribution in [2.24, 2.45) is 11.3 Å². The van der Waals surface area contributed by atoms with Crippen molar-refractivity contribution in [3.05, 3.63) is 59.3 Å². The van der Waals surface area contributed by atoms with Gasteiger partial charge in [-0.25, -0.2) is 4.39 Å². The molecule has 5 rings (SSSR count). The van der Waals surface area contributed by atoms with E-state index in [9.17, 15) is 14.0 Å². The zero-order valence-corrected chi connectivity index (χ0v) is 25.4. The minimum atomic E-state index is -0.424. The van der Waals surface area contributed by atoms with Crippen molar-refractivity contribution >= 4 is 22.7 Å². The number of aryl methyl sites for hydroxylation is 1. The predicted octanol–water partition coefficient (Wildman–Crippen LogP) is 5.47. The summed E-state index contributed by atoms with van der Waals surface area (Å²) in [6.45, 7) is 15.0. The summed E-state index contributed by atoms with van der Waals surface area (Å²) in [5.74, 6) is 0.0884. The molecule has 2 saturated heterocycles. The molecular weight excluding hydrogens is 517 g/mol. The lowest BCUT2D eigenvalue weighted by atomic mass is 9.80. The molecule has 7 nitrogen and oxygen atoms in total. The highest BCUT2D eigenvalue weighted by Gasteiger charge is 2.35. The Morgan fingerprint density at radius 3 is 2.59 bits per heavy atom. The van der Waals surface area contributed by atoms with Gasteiger partial charge in [-0.1, -0.05) is 6.92 Å². The summed E-state index contributed by atoms with van der Waals surface area (Å²) in [5.41, 5.74) is 4.55. The molecule has 0 saturated carbocycles. The molecule has 2 fully saturated rings. The summed E-state index contributed by atoms with van der Waals surface area (Å²) < 4.78 is 16.4. The lowest BCUT2D eigenvalue weighted by molar-refractivity contribution is -0.131. The number of hydrogen-bond acceptors (Lipinski definition) is 4. The van der Waals surface area contributed by atoms with E-state index in [2.05, 4.69) is 29.9 Å². The molecule has 2 aliphatic rings. The number of nitrogens with zero attached hydrogens (tertiary/aromatic N) is 5. The number of aromatic nitrogens is 2. The van der Waals surface area contributed by atoms with Gasteiger partial charge in [0.25, 0.3) is 5.91 Å². The van der Waals surface area contributed by atoms with Gasteiger partial charge in [-0.15, -0.1) is 0 Å². The van der Waals surface area contributed by atoms with Crippen LogP contribution in [0.1, 0.15) is 68.4 Å². The topological polar surface area (TPSA) is 61.7 Å². The molecule has 0 bridgehead atoms. The maximum Gasteiger partial charge on any atom is 0.256 e. The van der Waals surface area contributed by atoms with Crippen molar-refractivity contribution in [3.63, 3.8) is 0 Å². The van der Waals surface area contributed by atoms with Crippen molar-refractivity contribution < 1.29 is 14.0 Å². The van der Waals surface area contributed by atoms with Crippen LogP contribution in [0.2, 0.25) is 0 Å². The molecule has 2 aromatic heterocycles. The van der Waals surface area contributed by atoms with E-state index in [4.69, 9.17) is 0 Å². The van der Waals surface area contributed by atoms with E-state index >= 15 is 0 Å². The van der Waals surface area contributed by atoms with Crippen LogP contribution < -0.4 is 0 Å². The van der Waals surface area contributed by atoms with Crippen LogP contribution in [0.25, 0.3) is 16.6 Å². The van der Waals surface area contributed by atoms with Crippen molar-refractivity contribution in [3.8, 4) is 5.69 Å². The highest BCUT2D eigenvalue weighted by molar-refractivity contribution is 5.99. The molecule has 0 unspecified atom stereocenters. The van der Waals surface area contributed by atoms with Crippen LogP contribution in [-0.2, 0) is 11.2 Å². The standard InChI is InChI=1S/C33H44FN5O2/c1-22(2)36(6)32(41)28-16-27(34)7-8-29(28)39-20-26(31-23(3)17-35-18-30(31)39)15-25-9-12-37(19-25)21-33(5)10-13-38(14-11-33)24(4)40/h7-8,16-18,20,22,25H,9-15,19,21H2,1-6H3/t25-/m1/s1. The number of pyridine rings is 1. The Morgan fingerprint density at radius 1 is 1.17 bits per heavy atom. The van der Waals surface area contributed by atoms with Crippen LogP contribution in [0.4, 0.5) is 4.39 Å². The molecule has 1 aromatic carbocycles. The Morgan fingerprint density at radius 2 is 1.90 bits per heavy atom. The summed E-state index contributed by atoms with van der Waals surface area (Å²) in [6.07, 6.45) is 10.1. The van der Waals surface area contributed by atoms with Crippen LogP contribution >= 0.6 is 0 Å². The maximum atomic E-state index is 14.4. The first-order chi connectivity index (χ1) is 19.5. The Labute approximate surface area is 243 Å². The van der Waals surface area contributed by atoms with Crippen LogP contribution in [0.5, 0.6) is 0 Å². The number of benzene rings is 1. The Balaban J connectivity index is 1.39. The minimum Gasteiger partial charge on any atom is -0.343 e. The number of fused-ring (bicyclic) bond motifs is 1. The van der Waals surface area contributed by atoms with Crippen molar-refractivity contribution in [1.82, 2.24) is 24.3 Å². The van der Waals surface area contributed by atoms with Gasteiger partial charge in [0.1, 0.15) is 5.82 Å². The smallest absolute Gasteiger partial charge is 0.256 e. The Kier molecular flexibility index (Phi) is 8.24. The van der Waals surface area contributed by atoms with E-state index in [-0.39, 0.29) is 23.3 Å². The quantitative estimate of drug-likeness (QED) is 0.384. The summed E-state index contributed by atoms with van der Waals surface area (Å²) in [6, 6.07) is 4.47. The molecule has 0 aliphatic carbocycles. The third-order valence-electron chi connectivity index (χ3n) is 9.42. The second-order valence-electron chi connectivity index (χ2n) is 13.0. The average Bonchev–Trinajstić information content (AvgIpc) is 3.52. The van der Waals surface area contributed by atoms with E-state index in [1.54, 1.807) is 24.9 Å². The average molecular weight is 562 g/mol. The fraction of sp³-hybridized carbons (Fsp3) is 0.545. The molecule has 0 N–H and O–H groups in total. The molecule has 0 spiro atoms. The minimum absolute atomic E-state index is 0.00579. The van der Waals surface area contributed by atoms with Crippen LogP contribution in [0.15, 0.2) is 36.8 Å². The fourth-order valence-electron chi connectivity index (χ4n) is 6.70. The number of halogens is 1. The lowest BCUT2D eigenvalue weighted by Gasteiger charge is -2.41. The third kappa shape index (κ3) is 6.03. The van der Waals surface area contributed by atoms with Gasteiger partial charge < -0.3 is 19.3 Å². The van der Waals surface area contributed by atoms with Crippen molar-refractivity contribution in [2.75, 3.05) is 39.8 Å². The number of amides is 2. The highest BCUT2D eigenvalue weighted by atomic mass is 19.1. The molecule has 2 amide bonds. The first-order valence-electron chi connectivity index (χ1n) is 15.0. The van der Waals surface area contributed by atoms with Gasteiger partial charge in [-0.2, -0.15) is 0 Å². The van der Waals surface area contributed by atoms with Crippen molar-refractivity contribution in [1.29, 1.82) is 0 Å². The molecule has 1 atom stereocenters. The van der Waals surface area contributed by atoms with Gasteiger partial charge >= 0.3 is 0 Å². The van der Waals surface area contributed by atoms with Gasteiger partial charge in [-0.05, 0) is 93.7 Å². The van der Waals surface area contributed by atoms with E-state index in [0.29, 0.717) is 17.2 Å². The van der Waals surface area contributed by atoms with E-state index in [1.807, 2.05) is 35.7 Å². The summed E-state index contributed by atoms with van der Waals surface area (Å²) in [5, 5.41) is 1.17. The van der Waals surface area contributed by atoms with E-state index < -0.39 is 5.82 Å². The first-order valence-corrected chi connectivity index (χ1v) is 15.0. The van der Waals surface area contributed by atoms with Crippen LogP contribution in [0.3, 0.4) is 0 Å². The van der Waals surface area contributed by atoms with Gasteiger partial charge in [-0.3, -0.25) is 14.6 Å². The lowest BCUT2D eigenvalue weighted by Crippen LogP contribution is -2.45. The van der Waals surface area contributed by atoms with Gasteiger partial charge in [0, 0.05) is 64.0 Å². The van der Waals surface area contributed by atoms with Crippen LogP contribution in [-0.4, -0.2) is 81.9 Å². The summed E-state index contributed by atoms with van der Waals surface area (Å²) in [4.78, 5) is 35.9. The Hall–Kier alpha value is -3.26. The van der Waals surface area contributed by atoms with Gasteiger partial charge in [0.2, 0.25) is 5.91 Å². The van der Waals surface area contributed by atoms with Gasteiger partial charge in [0.05, 0.1) is 23.0 Å². The largest absolute Gasteiger partial charge is 0.343 e. The third-order valence-corrected chi connectivity index (χ3v) is 9.42. The first kappa shape index (κ1) is 29.2. The number of likely N-dealkylation sites (tertiary alicyclic amines) is 2. The summed E-state index contributed by atoms with van der Waals surface area (Å²) >= 11 is 0. The number of rotatable bonds is 7. The molecule has 41 heavy (non-hydrogen) atoms. The number of carbonyl (C=O) groups is 2. The SMILES string of the molecule is CC(=O)N1CCC(C)(CN2CC[C@H](Cc3cn(-c4ccc(F)cc4C(=O)N(C)C(C)C)c4cncc(C)c34)C2)CC1. The normalized spacial score (nSPS) is 19.3. The predicted molar refractivity (Wildman–Crippen MR) is 161 cm³/mol. The molecule has 4 heterocycles. The molecule has 8 heteroatoms. The number of hydrogen-bond donors (Lipinski definition) is 0. The molecule has 220 valence electrons. The van der Waals surface area contributed by atoms with Gasteiger partial charge in [0.15, 0.2) is 0 Å². The number of piperidine rings is 1. The molecular formula is C33H44FN5O2. The fourth-order valence-corrected chi connectivity index (χ4v) is 6.70. The van der Waals surface area contributed by atoms with E-state index in [1.165, 1.54) is 23.1 Å². The monoisotopic (exact) mass is 561 g/mol. The zero-order valence-electron chi connectivity index (χ0n) is 25.4. The molecule has 0 radical (unpaired) electrons. The second-order valence-corrected chi connectivity index (χ2v) is 13.0. The number of carbonyl (C=O) groups excluding carboxylic acids is 2. The summed E-state index contributed by atoms with van der Waals surface area (Å²) in [7, 11) is 1.76. The zero-order chi connectivity index (χ0) is 29.5. The second kappa shape index (κ2) is 11.6. The Bertz CT molecular complexity index is 1440. The van der Waals surface area contributed by atoms with E-state index in [0.717, 1.165) is 69.5 Å². The highest BCUT2D eigenvalue weighted by Crippen LogP contribution is 2.36. The molecule has 3 aromatic rings. The molecule has 2 aliphatic heterocycles. The van der Waals surface area contributed by atoms with Crippen molar-refractivity contribution in [2.45, 2.75) is 66.3 Å². The van der Waals surface area contributed by atoms with Crippen LogP contribution in [0, 0.1) is 24.1 Å².